The standard InChI is InChI=1S/C11H18/c1-4-11-6-5-9(2)8(11)10(9,3)7-11/h8H,4-7H2,1-3H3. The van der Waals surface area contributed by atoms with Gasteiger partial charge in [-0.2, -0.15) is 0 Å². The van der Waals surface area contributed by atoms with Crippen LogP contribution in [0.4, 0.5) is 0 Å². The van der Waals surface area contributed by atoms with Crippen molar-refractivity contribution in [1.29, 1.82) is 0 Å². The number of hydrogen-bond donors (Lipinski definition) is 0. The van der Waals surface area contributed by atoms with Crippen LogP contribution in [-0.2, 0) is 0 Å². The Kier molecular flexibility index (Phi) is 0.767. The summed E-state index contributed by atoms with van der Waals surface area (Å²) in [4.78, 5) is 0. The Balaban J connectivity index is 2.02. The second-order valence-corrected chi connectivity index (χ2v) is 5.66. The summed E-state index contributed by atoms with van der Waals surface area (Å²) in [6, 6.07) is 0. The Bertz CT molecular complexity index is 232. The predicted molar refractivity (Wildman–Crippen MR) is 46.3 cm³/mol. The molecule has 4 atom stereocenters. The van der Waals surface area contributed by atoms with Gasteiger partial charge in [-0.05, 0) is 41.4 Å². The number of hydrogen-bond acceptors (Lipinski definition) is 0. The lowest BCUT2D eigenvalue weighted by atomic mass is 9.58. The van der Waals surface area contributed by atoms with Crippen LogP contribution in [0.1, 0.15) is 46.5 Å². The molecule has 0 aromatic carbocycles. The maximum Gasteiger partial charge on any atom is -0.0225 e. The Morgan fingerprint density at radius 2 is 1.91 bits per heavy atom. The zero-order chi connectivity index (χ0) is 7.91. The van der Waals surface area contributed by atoms with Crippen LogP contribution in [0.5, 0.6) is 0 Å². The van der Waals surface area contributed by atoms with E-state index in [2.05, 4.69) is 20.8 Å². The maximum absolute atomic E-state index is 2.53. The van der Waals surface area contributed by atoms with Gasteiger partial charge >= 0.3 is 0 Å². The molecule has 11 heavy (non-hydrogen) atoms. The molecule has 3 aliphatic carbocycles. The van der Waals surface area contributed by atoms with Crippen LogP contribution in [0.15, 0.2) is 0 Å². The molecule has 62 valence electrons. The van der Waals surface area contributed by atoms with Crippen molar-refractivity contribution in [3.05, 3.63) is 0 Å². The van der Waals surface area contributed by atoms with Gasteiger partial charge in [0.2, 0.25) is 0 Å². The Hall–Kier alpha value is 0. The van der Waals surface area contributed by atoms with Gasteiger partial charge in [0.05, 0.1) is 0 Å². The van der Waals surface area contributed by atoms with Crippen LogP contribution in [0.3, 0.4) is 0 Å². The van der Waals surface area contributed by atoms with Gasteiger partial charge in [-0.15, -0.1) is 0 Å². The van der Waals surface area contributed by atoms with E-state index in [1.807, 2.05) is 0 Å². The van der Waals surface area contributed by atoms with Crippen LogP contribution >= 0.6 is 0 Å². The molecule has 0 saturated heterocycles. The molecule has 0 N–H and O–H groups in total. The summed E-state index contributed by atoms with van der Waals surface area (Å²) in [6.45, 7) is 7.44. The van der Waals surface area contributed by atoms with E-state index in [9.17, 15) is 0 Å². The molecule has 3 aliphatic rings. The highest BCUT2D eigenvalue weighted by Gasteiger charge is 2.87. The smallest absolute Gasteiger partial charge is 0.0225 e. The first-order valence-corrected chi connectivity index (χ1v) is 5.09. The van der Waals surface area contributed by atoms with Gasteiger partial charge in [0, 0.05) is 0 Å². The highest BCUT2D eigenvalue weighted by atomic mass is 14.9. The highest BCUT2D eigenvalue weighted by Crippen LogP contribution is 2.94. The summed E-state index contributed by atoms with van der Waals surface area (Å²) < 4.78 is 0. The highest BCUT2D eigenvalue weighted by molar-refractivity contribution is 5.35. The fraction of sp³-hybridized carbons (Fsp3) is 1.00. The van der Waals surface area contributed by atoms with E-state index in [0.29, 0.717) is 0 Å². The van der Waals surface area contributed by atoms with Crippen LogP contribution in [-0.4, -0.2) is 0 Å². The molecule has 3 fully saturated rings. The van der Waals surface area contributed by atoms with Crippen molar-refractivity contribution in [2.24, 2.45) is 22.2 Å². The summed E-state index contributed by atoms with van der Waals surface area (Å²) in [5.74, 6) is 1.13. The van der Waals surface area contributed by atoms with Gasteiger partial charge in [0.1, 0.15) is 0 Å². The van der Waals surface area contributed by atoms with Gasteiger partial charge in [0.15, 0.2) is 0 Å². The topological polar surface area (TPSA) is 0 Å². The van der Waals surface area contributed by atoms with Crippen molar-refractivity contribution in [2.75, 3.05) is 0 Å². The van der Waals surface area contributed by atoms with Crippen molar-refractivity contribution in [1.82, 2.24) is 0 Å². The lowest BCUT2D eigenvalue weighted by Gasteiger charge is -2.46. The molecule has 4 unspecified atom stereocenters. The first-order chi connectivity index (χ1) is 5.09. The lowest BCUT2D eigenvalue weighted by Crippen LogP contribution is -2.37. The monoisotopic (exact) mass is 150 g/mol. The first-order valence-electron chi connectivity index (χ1n) is 5.09. The molecule has 0 heteroatoms. The van der Waals surface area contributed by atoms with Gasteiger partial charge in [0.25, 0.3) is 0 Å². The van der Waals surface area contributed by atoms with Gasteiger partial charge in [-0.1, -0.05) is 27.2 Å². The summed E-state index contributed by atoms with van der Waals surface area (Å²) in [6.07, 6.45) is 6.07. The van der Waals surface area contributed by atoms with E-state index >= 15 is 0 Å². The summed E-state index contributed by atoms with van der Waals surface area (Å²) >= 11 is 0. The Morgan fingerprint density at radius 1 is 1.18 bits per heavy atom. The van der Waals surface area contributed by atoms with E-state index in [0.717, 1.165) is 22.2 Å². The molecule has 0 amide bonds. The van der Waals surface area contributed by atoms with Crippen LogP contribution in [0, 0.1) is 22.2 Å². The van der Waals surface area contributed by atoms with Crippen LogP contribution < -0.4 is 0 Å². The maximum atomic E-state index is 2.53. The van der Waals surface area contributed by atoms with Crippen LogP contribution in [0.25, 0.3) is 0 Å². The van der Waals surface area contributed by atoms with Crippen molar-refractivity contribution < 1.29 is 0 Å². The number of rotatable bonds is 1. The zero-order valence-corrected chi connectivity index (χ0v) is 7.91. The summed E-state index contributed by atoms with van der Waals surface area (Å²) in [7, 11) is 0. The summed E-state index contributed by atoms with van der Waals surface area (Å²) in [5.41, 5.74) is 2.44. The number of fused-ring (bicyclic) bond motifs is 1. The average Bonchev–Trinajstić information content (AvgIpc) is 2.25. The molecule has 0 heterocycles. The van der Waals surface area contributed by atoms with Gasteiger partial charge in [-0.25, -0.2) is 0 Å². The molecule has 3 rings (SSSR count). The molecular formula is C11H18. The first kappa shape index (κ1) is 6.51. The van der Waals surface area contributed by atoms with Crippen molar-refractivity contribution >= 4 is 0 Å². The SMILES string of the molecule is CCC12CCC3(C)C1C3(C)C2. The van der Waals surface area contributed by atoms with Crippen molar-refractivity contribution in [2.45, 2.75) is 46.5 Å². The lowest BCUT2D eigenvalue weighted by molar-refractivity contribution is 0.0320. The Labute approximate surface area is 69.4 Å². The van der Waals surface area contributed by atoms with E-state index < -0.39 is 0 Å². The second kappa shape index (κ2) is 1.30. The molecule has 0 aromatic heterocycles. The van der Waals surface area contributed by atoms with Crippen molar-refractivity contribution in [3.63, 3.8) is 0 Å². The fourth-order valence-electron chi connectivity index (χ4n) is 4.99. The summed E-state index contributed by atoms with van der Waals surface area (Å²) in [5, 5.41) is 0. The minimum Gasteiger partial charge on any atom is -0.0648 e. The Morgan fingerprint density at radius 3 is 2.18 bits per heavy atom. The minimum absolute atomic E-state index is 0.795. The quantitative estimate of drug-likeness (QED) is 0.538. The minimum atomic E-state index is 0.795. The molecule has 3 saturated carbocycles. The second-order valence-electron chi connectivity index (χ2n) is 5.66. The third kappa shape index (κ3) is 0.381. The normalized spacial score (nSPS) is 70.6. The average molecular weight is 150 g/mol. The third-order valence-electron chi connectivity index (χ3n) is 5.67. The fourth-order valence-corrected chi connectivity index (χ4v) is 4.99. The molecule has 0 bridgehead atoms. The zero-order valence-electron chi connectivity index (χ0n) is 7.91. The molecule has 0 nitrogen and oxygen atoms in total. The predicted octanol–water partition coefficient (Wildman–Crippen LogP) is 3.22. The van der Waals surface area contributed by atoms with E-state index in [1.54, 1.807) is 12.8 Å². The van der Waals surface area contributed by atoms with Gasteiger partial charge < -0.3 is 0 Å². The largest absolute Gasteiger partial charge is 0.0648 e. The van der Waals surface area contributed by atoms with Crippen LogP contribution in [0.2, 0.25) is 0 Å². The van der Waals surface area contributed by atoms with Crippen molar-refractivity contribution in [3.8, 4) is 0 Å². The molecule has 0 aromatic rings. The third-order valence-corrected chi connectivity index (χ3v) is 5.67. The molecule has 0 spiro atoms. The van der Waals surface area contributed by atoms with E-state index in [-0.39, 0.29) is 0 Å². The molecular weight excluding hydrogens is 132 g/mol. The molecule has 0 aliphatic heterocycles. The molecule has 0 radical (unpaired) electrons. The van der Waals surface area contributed by atoms with Gasteiger partial charge in [-0.3, -0.25) is 0 Å². The van der Waals surface area contributed by atoms with E-state index in [1.165, 1.54) is 12.8 Å². The van der Waals surface area contributed by atoms with E-state index in [4.69, 9.17) is 0 Å².